The zero-order chi connectivity index (χ0) is 24.2. The molecule has 0 aliphatic carbocycles. The Hall–Kier alpha value is -3.49. The van der Waals surface area contributed by atoms with Crippen LogP contribution in [0.5, 0.6) is 0 Å². The van der Waals surface area contributed by atoms with Crippen molar-refractivity contribution in [2.75, 3.05) is 13.1 Å². The van der Waals surface area contributed by atoms with Crippen LogP contribution in [0, 0.1) is 5.92 Å². The van der Waals surface area contributed by atoms with Gasteiger partial charge in [-0.1, -0.05) is 115 Å². The lowest BCUT2D eigenvalue weighted by Gasteiger charge is -2.52. The quantitative estimate of drug-likeness (QED) is 0.266. The maximum absolute atomic E-state index is 5.43. The molecule has 0 aromatic heterocycles. The zero-order valence-electron chi connectivity index (χ0n) is 20.8. The predicted molar refractivity (Wildman–Crippen MR) is 150 cm³/mol. The van der Waals surface area contributed by atoms with Gasteiger partial charge in [0, 0.05) is 18.2 Å². The summed E-state index contributed by atoms with van der Waals surface area (Å²) in [7, 11) is 0. The molecule has 4 aromatic rings. The SMILES string of the molecule is C(=N[C@@H]1C2CCN(CC2)[C@H]1C(c1ccccc1)c1ccccc1)c1ccccc1Cc1ccccc1. The molecular formula is C34H34N2. The van der Waals surface area contributed by atoms with Crippen LogP contribution in [0.25, 0.3) is 0 Å². The van der Waals surface area contributed by atoms with Crippen molar-refractivity contribution < 1.29 is 0 Å². The van der Waals surface area contributed by atoms with Gasteiger partial charge < -0.3 is 0 Å². The average Bonchev–Trinajstić information content (AvgIpc) is 2.95. The summed E-state index contributed by atoms with van der Waals surface area (Å²) >= 11 is 0. The van der Waals surface area contributed by atoms with Crippen LogP contribution in [-0.4, -0.2) is 36.3 Å². The molecule has 36 heavy (non-hydrogen) atoms. The standard InChI is InChI=1S/C34H34N2/c1-4-12-26(13-5-1)24-30-18-10-11-19-31(30)25-35-33-29-20-22-36(23-21-29)34(33)32(27-14-6-2-7-15-27)28-16-8-3-9-17-28/h1-19,25,29,32-34H,20-24H2/t33-,34+/m1/s1. The smallest absolute Gasteiger partial charge is 0.0693 e. The predicted octanol–water partition coefficient (Wildman–Crippen LogP) is 6.99. The second kappa shape index (κ2) is 10.6. The Balaban J connectivity index is 1.36. The normalized spacial score (nSPS) is 23.4. The maximum Gasteiger partial charge on any atom is 0.0693 e. The third kappa shape index (κ3) is 4.79. The molecule has 4 aromatic carbocycles. The Morgan fingerprint density at radius 2 is 1.25 bits per heavy atom. The molecular weight excluding hydrogens is 436 g/mol. The fraction of sp³-hybridized carbons (Fsp3) is 0.265. The molecule has 2 nitrogen and oxygen atoms in total. The zero-order valence-corrected chi connectivity index (χ0v) is 20.8. The minimum absolute atomic E-state index is 0.294. The molecule has 2 bridgehead atoms. The molecule has 2 heteroatoms. The molecule has 0 spiro atoms. The number of nitrogens with zero attached hydrogens (tertiary/aromatic N) is 2. The topological polar surface area (TPSA) is 15.6 Å². The first-order chi connectivity index (χ1) is 17.9. The first kappa shape index (κ1) is 22.9. The summed E-state index contributed by atoms with van der Waals surface area (Å²) in [5, 5.41) is 0. The van der Waals surface area contributed by atoms with Crippen LogP contribution in [-0.2, 0) is 6.42 Å². The molecule has 0 amide bonds. The van der Waals surface area contributed by atoms with Crippen LogP contribution < -0.4 is 0 Å². The van der Waals surface area contributed by atoms with Crippen molar-refractivity contribution in [3.8, 4) is 0 Å². The highest BCUT2D eigenvalue weighted by molar-refractivity contribution is 5.82. The van der Waals surface area contributed by atoms with E-state index in [1.807, 2.05) is 0 Å². The van der Waals surface area contributed by atoms with E-state index in [4.69, 9.17) is 4.99 Å². The molecule has 0 N–H and O–H groups in total. The number of benzene rings is 4. The summed E-state index contributed by atoms with van der Waals surface area (Å²) in [5.74, 6) is 0.963. The lowest BCUT2D eigenvalue weighted by molar-refractivity contribution is 0.0215. The minimum atomic E-state index is 0.294. The van der Waals surface area contributed by atoms with Crippen LogP contribution in [0.15, 0.2) is 120 Å². The molecule has 0 unspecified atom stereocenters. The molecule has 3 aliphatic rings. The Morgan fingerprint density at radius 3 is 1.89 bits per heavy atom. The third-order valence-electron chi connectivity index (χ3n) is 8.17. The van der Waals surface area contributed by atoms with E-state index in [9.17, 15) is 0 Å². The van der Waals surface area contributed by atoms with E-state index in [0.29, 0.717) is 23.9 Å². The van der Waals surface area contributed by atoms with Crippen molar-refractivity contribution in [2.24, 2.45) is 10.9 Å². The molecule has 2 atom stereocenters. The number of fused-ring (bicyclic) bond motifs is 3. The Morgan fingerprint density at radius 1 is 0.694 bits per heavy atom. The monoisotopic (exact) mass is 470 g/mol. The summed E-state index contributed by atoms with van der Waals surface area (Å²) in [5.41, 5.74) is 6.71. The van der Waals surface area contributed by atoms with Gasteiger partial charge in [-0.05, 0) is 66.1 Å². The largest absolute Gasteiger partial charge is 0.297 e. The van der Waals surface area contributed by atoms with Crippen LogP contribution >= 0.6 is 0 Å². The second-order valence-corrected chi connectivity index (χ2v) is 10.3. The maximum atomic E-state index is 5.43. The van der Waals surface area contributed by atoms with Crippen molar-refractivity contribution in [2.45, 2.75) is 37.3 Å². The molecule has 7 rings (SSSR count). The fourth-order valence-electron chi connectivity index (χ4n) is 6.38. The summed E-state index contributed by atoms with van der Waals surface area (Å²) in [4.78, 5) is 8.15. The first-order valence-corrected chi connectivity index (χ1v) is 13.4. The second-order valence-electron chi connectivity index (χ2n) is 10.3. The van der Waals surface area contributed by atoms with Crippen molar-refractivity contribution in [3.05, 3.63) is 143 Å². The molecule has 0 saturated carbocycles. The first-order valence-electron chi connectivity index (χ1n) is 13.4. The number of rotatable bonds is 7. The van der Waals surface area contributed by atoms with Crippen molar-refractivity contribution in [1.82, 2.24) is 4.90 Å². The van der Waals surface area contributed by atoms with Gasteiger partial charge in [-0.25, -0.2) is 0 Å². The van der Waals surface area contributed by atoms with Gasteiger partial charge >= 0.3 is 0 Å². The van der Waals surface area contributed by atoms with Crippen LogP contribution in [0.4, 0.5) is 0 Å². The van der Waals surface area contributed by atoms with Gasteiger partial charge in [0.2, 0.25) is 0 Å². The van der Waals surface area contributed by atoms with Gasteiger partial charge in [0.25, 0.3) is 0 Å². The Kier molecular flexibility index (Phi) is 6.78. The summed E-state index contributed by atoms with van der Waals surface area (Å²) in [6.45, 7) is 2.37. The molecule has 0 radical (unpaired) electrons. The number of piperidine rings is 3. The van der Waals surface area contributed by atoms with Crippen molar-refractivity contribution >= 4 is 6.21 Å². The van der Waals surface area contributed by atoms with Crippen molar-refractivity contribution in [3.63, 3.8) is 0 Å². The molecule has 180 valence electrons. The lowest BCUT2D eigenvalue weighted by atomic mass is 9.71. The Bertz CT molecular complexity index is 1240. The summed E-state index contributed by atoms with van der Waals surface area (Å²) in [6.07, 6.45) is 5.62. The van der Waals surface area contributed by atoms with Crippen LogP contribution in [0.1, 0.15) is 46.6 Å². The number of hydrogen-bond acceptors (Lipinski definition) is 2. The molecule has 3 fully saturated rings. The van der Waals surface area contributed by atoms with E-state index in [0.717, 1.165) is 6.42 Å². The van der Waals surface area contributed by atoms with Crippen LogP contribution in [0.3, 0.4) is 0 Å². The fourth-order valence-corrected chi connectivity index (χ4v) is 6.38. The highest BCUT2D eigenvalue weighted by atomic mass is 15.2. The Labute approximate surface area is 215 Å². The van der Waals surface area contributed by atoms with Gasteiger partial charge in [0.1, 0.15) is 0 Å². The van der Waals surface area contributed by atoms with Gasteiger partial charge in [0.05, 0.1) is 6.04 Å². The highest BCUT2D eigenvalue weighted by Gasteiger charge is 2.46. The van der Waals surface area contributed by atoms with Gasteiger partial charge in [-0.15, -0.1) is 0 Å². The molecule has 3 heterocycles. The van der Waals surface area contributed by atoms with Crippen LogP contribution in [0.2, 0.25) is 0 Å². The molecule has 3 aliphatic heterocycles. The number of hydrogen-bond donors (Lipinski definition) is 0. The van der Waals surface area contributed by atoms with E-state index < -0.39 is 0 Å². The number of aliphatic imine (C=N–C) groups is 1. The highest BCUT2D eigenvalue weighted by Crippen LogP contribution is 2.43. The van der Waals surface area contributed by atoms with E-state index in [1.54, 1.807) is 0 Å². The van der Waals surface area contributed by atoms with Gasteiger partial charge in [0.15, 0.2) is 0 Å². The van der Waals surface area contributed by atoms with Gasteiger partial charge in [-0.2, -0.15) is 0 Å². The van der Waals surface area contributed by atoms with E-state index in [2.05, 4.69) is 126 Å². The lowest BCUT2D eigenvalue weighted by Crippen LogP contribution is -2.59. The third-order valence-corrected chi connectivity index (χ3v) is 8.17. The van der Waals surface area contributed by atoms with E-state index >= 15 is 0 Å². The van der Waals surface area contributed by atoms with Gasteiger partial charge in [-0.3, -0.25) is 9.89 Å². The van der Waals surface area contributed by atoms with Crippen molar-refractivity contribution in [1.29, 1.82) is 0 Å². The summed E-state index contributed by atoms with van der Waals surface area (Å²) in [6, 6.07) is 42.4. The minimum Gasteiger partial charge on any atom is -0.297 e. The van der Waals surface area contributed by atoms with E-state index in [1.165, 1.54) is 53.7 Å². The molecule has 3 saturated heterocycles. The van der Waals surface area contributed by atoms with E-state index in [-0.39, 0.29) is 0 Å². The average molecular weight is 471 g/mol. The summed E-state index contributed by atoms with van der Waals surface area (Å²) < 4.78 is 0.